The fourth-order valence-electron chi connectivity index (χ4n) is 8.09. The van der Waals surface area contributed by atoms with Crippen molar-refractivity contribution in [3.8, 4) is 22.3 Å². The number of nitrogens with zero attached hydrogens (tertiary/aromatic N) is 1. The molecule has 57 heavy (non-hydrogen) atoms. The van der Waals surface area contributed by atoms with Gasteiger partial charge in [-0.1, -0.05) is 133 Å². The molecule has 0 saturated carbocycles. The normalized spacial score (nSPS) is 11.8. The highest BCUT2D eigenvalue weighted by Gasteiger charge is 2.33. The maximum Gasteiger partial charge on any atom is 0.137 e. The van der Waals surface area contributed by atoms with Crippen LogP contribution in [0.15, 0.2) is 261 Å². The van der Waals surface area contributed by atoms with Gasteiger partial charge >= 0.3 is 0 Å². The summed E-state index contributed by atoms with van der Waals surface area (Å²) in [4.78, 5) is 7.51. The second-order valence-electron chi connectivity index (χ2n) is 14.2. The molecule has 10 rings (SSSR count). The van der Waals surface area contributed by atoms with E-state index in [1.807, 2.05) is 6.07 Å². The summed E-state index contributed by atoms with van der Waals surface area (Å²) in [6, 6.07) is 85.3. The number of rotatable bonds is 9. The fourth-order valence-corrected chi connectivity index (χ4v) is 12.0. The lowest BCUT2D eigenvalue weighted by Crippen LogP contribution is -2.10. The molecule has 0 N–H and O–H groups in total. The molecule has 0 unspecified atom stereocenters. The Morgan fingerprint density at radius 3 is 1.14 bits per heavy atom. The number of furan rings is 1. The van der Waals surface area contributed by atoms with Crippen molar-refractivity contribution in [2.24, 2.45) is 0 Å². The zero-order chi connectivity index (χ0) is 38.0. The van der Waals surface area contributed by atoms with E-state index in [9.17, 15) is 0 Å². The van der Waals surface area contributed by atoms with E-state index in [2.05, 4.69) is 235 Å². The van der Waals surface area contributed by atoms with Crippen LogP contribution in [0.2, 0.25) is 0 Å². The molecule has 0 amide bonds. The molecule has 2 nitrogen and oxygen atoms in total. The van der Waals surface area contributed by atoms with E-state index in [4.69, 9.17) is 4.42 Å². The summed E-state index contributed by atoms with van der Waals surface area (Å²) in [7, 11) is -1.82. The topological polar surface area (TPSA) is 16.4 Å². The lowest BCUT2D eigenvalue weighted by Gasteiger charge is -2.42. The number of fused-ring (bicyclic) bond motifs is 3. The smallest absolute Gasteiger partial charge is 0.137 e. The highest BCUT2D eigenvalue weighted by Crippen LogP contribution is 2.73. The lowest BCUT2D eigenvalue weighted by molar-refractivity contribution is 0.669. The first-order valence-corrected chi connectivity index (χ1v) is 21.0. The molecule has 0 radical (unpaired) electrons. The highest BCUT2D eigenvalue weighted by atomic mass is 32.3. The Hall–Kier alpha value is -7.07. The molecule has 0 aliphatic rings. The van der Waals surface area contributed by atoms with Gasteiger partial charge in [-0.3, -0.25) is 0 Å². The molecule has 0 aliphatic carbocycles. The zero-order valence-corrected chi connectivity index (χ0v) is 32.1. The number of hydrogen-bond acceptors (Lipinski definition) is 2. The highest BCUT2D eigenvalue weighted by molar-refractivity contribution is 8.34. The molecule has 9 aromatic carbocycles. The van der Waals surface area contributed by atoms with E-state index < -0.39 is 10.0 Å². The van der Waals surface area contributed by atoms with Gasteiger partial charge in [0.15, 0.2) is 0 Å². The molecule has 0 atom stereocenters. The monoisotopic (exact) mass is 749 g/mol. The van der Waals surface area contributed by atoms with Crippen LogP contribution in [0.5, 0.6) is 0 Å². The Labute approximate surface area is 335 Å². The second-order valence-corrected chi connectivity index (χ2v) is 17.3. The molecule has 0 saturated heterocycles. The summed E-state index contributed by atoms with van der Waals surface area (Å²) in [6.45, 7) is 0. The molecule has 0 fully saturated rings. The minimum atomic E-state index is -1.82. The van der Waals surface area contributed by atoms with Crippen molar-refractivity contribution in [3.05, 3.63) is 237 Å². The summed E-state index contributed by atoms with van der Waals surface area (Å²) < 4.78 is 6.64. The first kappa shape index (κ1) is 34.4. The van der Waals surface area contributed by atoms with Gasteiger partial charge in [-0.05, 0) is 119 Å². The van der Waals surface area contributed by atoms with E-state index >= 15 is 0 Å². The van der Waals surface area contributed by atoms with Gasteiger partial charge in [0.25, 0.3) is 0 Å². The SMILES string of the molecule is c1ccc(-c2ccc(N(c3ccc(S(c4ccccc4)(c4ccccc4)c4ccccc4)cc3)c3ccc4c(c3)oc3cc(-c5ccccc5)ccc34)cc2)cc1. The van der Waals surface area contributed by atoms with E-state index in [1.54, 1.807) is 0 Å². The maximum absolute atomic E-state index is 6.64. The van der Waals surface area contributed by atoms with Crippen LogP contribution in [0, 0.1) is 0 Å². The maximum atomic E-state index is 6.64. The zero-order valence-electron chi connectivity index (χ0n) is 31.3. The summed E-state index contributed by atoms with van der Waals surface area (Å²) in [5.41, 5.74) is 9.59. The predicted octanol–water partition coefficient (Wildman–Crippen LogP) is 15.7. The summed E-state index contributed by atoms with van der Waals surface area (Å²) in [6.07, 6.45) is 0. The third kappa shape index (κ3) is 6.29. The van der Waals surface area contributed by atoms with Crippen molar-refractivity contribution in [2.45, 2.75) is 19.6 Å². The molecule has 0 spiro atoms. The van der Waals surface area contributed by atoms with Crippen molar-refractivity contribution in [3.63, 3.8) is 0 Å². The number of benzene rings is 9. The van der Waals surface area contributed by atoms with Gasteiger partial charge in [-0.25, -0.2) is 0 Å². The summed E-state index contributed by atoms with van der Waals surface area (Å²) in [5.74, 6) is 0. The molecule has 0 aliphatic heterocycles. The van der Waals surface area contributed by atoms with Crippen LogP contribution in [0.1, 0.15) is 0 Å². The van der Waals surface area contributed by atoms with Crippen molar-refractivity contribution in [1.82, 2.24) is 0 Å². The Morgan fingerprint density at radius 2 is 0.632 bits per heavy atom. The third-order valence-electron chi connectivity index (χ3n) is 10.8. The van der Waals surface area contributed by atoms with Gasteiger partial charge in [0.2, 0.25) is 0 Å². The summed E-state index contributed by atoms with van der Waals surface area (Å²) >= 11 is 0. The molecule has 3 heteroatoms. The van der Waals surface area contributed by atoms with Crippen LogP contribution in [0.3, 0.4) is 0 Å². The Morgan fingerprint density at radius 1 is 0.281 bits per heavy atom. The standard InChI is InChI=1S/C54H39NOS/c1-6-16-40(17-7-1)42-26-29-44(30-27-42)55(46-33-37-52-51-36-28-43(41-18-8-2-9-19-41)38-53(51)56-54(52)39-46)45-31-34-50(35-32-45)57(47-20-10-3-11-21-47,48-22-12-4-13-23-48)49-24-14-5-15-25-49/h1-39H. The van der Waals surface area contributed by atoms with Gasteiger partial charge in [0.05, 0.1) is 0 Å². The van der Waals surface area contributed by atoms with E-state index in [0.717, 1.165) is 44.6 Å². The predicted molar refractivity (Wildman–Crippen MR) is 239 cm³/mol. The average Bonchev–Trinajstić information content (AvgIpc) is 3.66. The molecular weight excluding hydrogens is 711 g/mol. The number of hydrogen-bond donors (Lipinski definition) is 0. The van der Waals surface area contributed by atoms with Crippen LogP contribution in [0.4, 0.5) is 17.1 Å². The fraction of sp³-hybridized carbons (Fsp3) is 0. The van der Waals surface area contributed by atoms with Crippen LogP contribution in [-0.2, 0) is 0 Å². The Bertz CT molecular complexity index is 2810. The van der Waals surface area contributed by atoms with Gasteiger partial charge in [-0.2, -0.15) is 0 Å². The van der Waals surface area contributed by atoms with Gasteiger partial charge in [-0.15, -0.1) is 10.0 Å². The second kappa shape index (κ2) is 14.9. The average molecular weight is 750 g/mol. The molecule has 1 heterocycles. The first-order chi connectivity index (χ1) is 28.3. The Kier molecular flexibility index (Phi) is 8.98. The van der Waals surface area contributed by atoms with E-state index in [1.165, 1.54) is 36.3 Å². The van der Waals surface area contributed by atoms with Crippen molar-refractivity contribution in [1.29, 1.82) is 0 Å². The Balaban J connectivity index is 1.12. The quantitative estimate of drug-likeness (QED) is 0.146. The van der Waals surface area contributed by atoms with E-state index in [0.29, 0.717) is 0 Å². The largest absolute Gasteiger partial charge is 0.456 e. The van der Waals surface area contributed by atoms with Crippen molar-refractivity contribution >= 4 is 49.0 Å². The van der Waals surface area contributed by atoms with Gasteiger partial charge in [0.1, 0.15) is 11.2 Å². The molecule has 272 valence electrons. The minimum Gasteiger partial charge on any atom is -0.456 e. The van der Waals surface area contributed by atoms with Crippen LogP contribution < -0.4 is 4.90 Å². The van der Waals surface area contributed by atoms with Gasteiger partial charge < -0.3 is 9.32 Å². The first-order valence-electron chi connectivity index (χ1n) is 19.3. The van der Waals surface area contributed by atoms with Crippen molar-refractivity contribution in [2.75, 3.05) is 4.90 Å². The van der Waals surface area contributed by atoms with E-state index in [-0.39, 0.29) is 0 Å². The molecular formula is C54H39NOS. The van der Waals surface area contributed by atoms with Crippen LogP contribution in [0.25, 0.3) is 44.2 Å². The molecule has 10 aromatic rings. The molecule has 1 aromatic heterocycles. The van der Waals surface area contributed by atoms with Crippen LogP contribution >= 0.6 is 10.0 Å². The molecule has 0 bridgehead atoms. The number of anilines is 3. The van der Waals surface area contributed by atoms with Crippen molar-refractivity contribution < 1.29 is 4.42 Å². The summed E-state index contributed by atoms with van der Waals surface area (Å²) in [5, 5.41) is 2.21. The third-order valence-corrected chi connectivity index (χ3v) is 14.7. The van der Waals surface area contributed by atoms with Crippen LogP contribution in [-0.4, -0.2) is 0 Å². The van der Waals surface area contributed by atoms with Gasteiger partial charge in [0, 0.05) is 53.5 Å². The lowest BCUT2D eigenvalue weighted by atomic mass is 10.0. The minimum absolute atomic E-state index is 0.857.